The molecule has 1 aromatic rings. The molecule has 86 valence electrons. The molecule has 0 saturated heterocycles. The van der Waals surface area contributed by atoms with Crippen LogP contribution in [0, 0.1) is 6.92 Å². The molecule has 1 unspecified atom stereocenters. The maximum atomic E-state index is 11.3. The molecule has 0 bridgehead atoms. The minimum absolute atomic E-state index is 0.529. The first-order valence-electron chi connectivity index (χ1n) is 4.86. The zero-order valence-electron chi connectivity index (χ0n) is 9.15. The van der Waals surface area contributed by atoms with E-state index in [9.17, 15) is 9.59 Å². The van der Waals surface area contributed by atoms with Gasteiger partial charge in [-0.05, 0) is 26.0 Å². The molecule has 3 N–H and O–H groups in total. The van der Waals surface area contributed by atoms with Crippen LogP contribution in [0.4, 0.5) is 10.5 Å². The van der Waals surface area contributed by atoms with Gasteiger partial charge in [0.05, 0.1) is 0 Å². The molecule has 1 aromatic carbocycles. The van der Waals surface area contributed by atoms with E-state index >= 15 is 0 Å². The van der Waals surface area contributed by atoms with Gasteiger partial charge >= 0.3 is 12.0 Å². The second-order valence-corrected chi connectivity index (χ2v) is 3.52. The highest BCUT2D eigenvalue weighted by molar-refractivity contribution is 5.92. The van der Waals surface area contributed by atoms with Gasteiger partial charge in [-0.15, -0.1) is 0 Å². The van der Waals surface area contributed by atoms with Crippen LogP contribution in [0.5, 0.6) is 0 Å². The Morgan fingerprint density at radius 1 is 1.25 bits per heavy atom. The Morgan fingerprint density at radius 2 is 1.81 bits per heavy atom. The Balaban J connectivity index is 2.52. The predicted molar refractivity (Wildman–Crippen MR) is 60.4 cm³/mol. The number of nitrogens with one attached hydrogen (secondary N) is 2. The third kappa shape index (κ3) is 3.61. The average Bonchev–Trinajstić information content (AvgIpc) is 2.21. The molecule has 0 radical (unpaired) electrons. The number of hydrogen-bond acceptors (Lipinski definition) is 2. The Bertz CT molecular complexity index is 387. The van der Waals surface area contributed by atoms with Crippen molar-refractivity contribution in [3.8, 4) is 0 Å². The number of carbonyl (C=O) groups is 2. The number of rotatable bonds is 3. The average molecular weight is 222 g/mol. The van der Waals surface area contributed by atoms with Gasteiger partial charge in [-0.1, -0.05) is 17.7 Å². The van der Waals surface area contributed by atoms with Crippen molar-refractivity contribution in [3.63, 3.8) is 0 Å². The fraction of sp³-hybridized carbons (Fsp3) is 0.273. The first-order chi connectivity index (χ1) is 7.49. The molecule has 0 saturated carbocycles. The van der Waals surface area contributed by atoms with E-state index in [1.807, 2.05) is 19.1 Å². The number of urea groups is 1. The normalized spacial score (nSPS) is 11.6. The number of benzene rings is 1. The van der Waals surface area contributed by atoms with Gasteiger partial charge in [0.1, 0.15) is 6.04 Å². The van der Waals surface area contributed by atoms with Crippen LogP contribution >= 0.6 is 0 Å². The van der Waals surface area contributed by atoms with E-state index < -0.39 is 18.0 Å². The first-order valence-corrected chi connectivity index (χ1v) is 4.86. The highest BCUT2D eigenvalue weighted by Crippen LogP contribution is 2.08. The lowest BCUT2D eigenvalue weighted by atomic mass is 10.2. The van der Waals surface area contributed by atoms with Crippen LogP contribution in [0.25, 0.3) is 0 Å². The number of aryl methyl sites for hydroxylation is 1. The second kappa shape index (κ2) is 5.16. The van der Waals surface area contributed by atoms with Crippen molar-refractivity contribution in [2.24, 2.45) is 0 Å². The summed E-state index contributed by atoms with van der Waals surface area (Å²) in [7, 11) is 0. The Kier molecular flexibility index (Phi) is 3.88. The van der Waals surface area contributed by atoms with Gasteiger partial charge in [-0.25, -0.2) is 4.79 Å². The van der Waals surface area contributed by atoms with Crippen LogP contribution in [0.15, 0.2) is 24.3 Å². The zero-order chi connectivity index (χ0) is 12.1. The smallest absolute Gasteiger partial charge is 0.325 e. The van der Waals surface area contributed by atoms with Crippen molar-refractivity contribution in [1.29, 1.82) is 0 Å². The van der Waals surface area contributed by atoms with E-state index in [0.717, 1.165) is 5.56 Å². The van der Waals surface area contributed by atoms with E-state index in [4.69, 9.17) is 5.11 Å². The van der Waals surface area contributed by atoms with Crippen molar-refractivity contribution in [3.05, 3.63) is 29.8 Å². The van der Waals surface area contributed by atoms with Crippen LogP contribution in [-0.2, 0) is 4.79 Å². The number of carboxylic acid groups (broad SMARTS) is 1. The number of carboxylic acids is 1. The van der Waals surface area contributed by atoms with Gasteiger partial charge in [0.2, 0.25) is 0 Å². The molecule has 0 aliphatic carbocycles. The van der Waals surface area contributed by atoms with Crippen LogP contribution in [0.3, 0.4) is 0 Å². The molecule has 16 heavy (non-hydrogen) atoms. The number of hydrogen-bond donors (Lipinski definition) is 3. The molecule has 2 amide bonds. The van der Waals surface area contributed by atoms with Crippen molar-refractivity contribution in [2.75, 3.05) is 5.32 Å². The lowest BCUT2D eigenvalue weighted by Gasteiger charge is -2.10. The Labute approximate surface area is 93.5 Å². The van der Waals surface area contributed by atoms with E-state index in [2.05, 4.69) is 10.6 Å². The van der Waals surface area contributed by atoms with Crippen LogP contribution in [-0.4, -0.2) is 23.1 Å². The summed E-state index contributed by atoms with van der Waals surface area (Å²) in [6.45, 7) is 3.34. The van der Waals surface area contributed by atoms with Crippen molar-refractivity contribution in [2.45, 2.75) is 19.9 Å². The molecule has 0 aliphatic rings. The number of anilines is 1. The molecule has 0 spiro atoms. The standard InChI is InChI=1S/C11H14N2O3/c1-7-3-5-9(6-4-7)13-11(16)12-8(2)10(14)15/h3-6,8H,1-2H3,(H,14,15)(H2,12,13,16). The molecule has 0 aromatic heterocycles. The SMILES string of the molecule is Cc1ccc(NC(=O)NC(C)C(=O)O)cc1. The molecule has 5 nitrogen and oxygen atoms in total. The van der Waals surface area contributed by atoms with Gasteiger partial charge in [-0.3, -0.25) is 4.79 Å². The predicted octanol–water partition coefficient (Wildman–Crippen LogP) is 1.59. The summed E-state index contributed by atoms with van der Waals surface area (Å²) < 4.78 is 0. The topological polar surface area (TPSA) is 78.4 Å². The van der Waals surface area contributed by atoms with Gasteiger partial charge in [0.15, 0.2) is 0 Å². The number of carbonyl (C=O) groups excluding carboxylic acids is 1. The summed E-state index contributed by atoms with van der Waals surface area (Å²) in [6.07, 6.45) is 0. The minimum Gasteiger partial charge on any atom is -0.480 e. The van der Waals surface area contributed by atoms with Gasteiger partial charge < -0.3 is 15.7 Å². The molecule has 5 heteroatoms. The molecule has 0 fully saturated rings. The highest BCUT2D eigenvalue weighted by Gasteiger charge is 2.13. The van der Waals surface area contributed by atoms with Crippen LogP contribution in [0.2, 0.25) is 0 Å². The summed E-state index contributed by atoms with van der Waals surface area (Å²) >= 11 is 0. The largest absolute Gasteiger partial charge is 0.480 e. The van der Waals surface area contributed by atoms with E-state index in [0.29, 0.717) is 5.69 Å². The fourth-order valence-corrected chi connectivity index (χ4v) is 1.06. The summed E-state index contributed by atoms with van der Waals surface area (Å²) in [5, 5.41) is 13.4. The summed E-state index contributed by atoms with van der Waals surface area (Å²) in [5.41, 5.74) is 1.71. The highest BCUT2D eigenvalue weighted by atomic mass is 16.4. The summed E-state index contributed by atoms with van der Waals surface area (Å²) in [5.74, 6) is -1.07. The van der Waals surface area contributed by atoms with E-state index in [1.165, 1.54) is 6.92 Å². The van der Waals surface area contributed by atoms with Crippen molar-refractivity contribution >= 4 is 17.7 Å². The lowest BCUT2D eigenvalue weighted by Crippen LogP contribution is -2.40. The third-order valence-electron chi connectivity index (χ3n) is 2.03. The van der Waals surface area contributed by atoms with Crippen LogP contribution < -0.4 is 10.6 Å². The summed E-state index contributed by atoms with van der Waals surface area (Å²) in [4.78, 5) is 21.8. The minimum atomic E-state index is -1.07. The Hall–Kier alpha value is -2.04. The quantitative estimate of drug-likeness (QED) is 0.726. The number of aliphatic carboxylic acids is 1. The van der Waals surface area contributed by atoms with E-state index in [1.54, 1.807) is 12.1 Å². The van der Waals surface area contributed by atoms with Crippen molar-refractivity contribution in [1.82, 2.24) is 5.32 Å². The molecular weight excluding hydrogens is 208 g/mol. The third-order valence-corrected chi connectivity index (χ3v) is 2.03. The maximum Gasteiger partial charge on any atom is 0.325 e. The second-order valence-electron chi connectivity index (χ2n) is 3.52. The molecule has 0 heterocycles. The van der Waals surface area contributed by atoms with Gasteiger partial charge in [0, 0.05) is 5.69 Å². The Morgan fingerprint density at radius 3 is 2.31 bits per heavy atom. The molecule has 1 atom stereocenters. The monoisotopic (exact) mass is 222 g/mol. The zero-order valence-corrected chi connectivity index (χ0v) is 9.15. The van der Waals surface area contributed by atoms with Crippen LogP contribution in [0.1, 0.15) is 12.5 Å². The van der Waals surface area contributed by atoms with E-state index in [-0.39, 0.29) is 0 Å². The van der Waals surface area contributed by atoms with Gasteiger partial charge in [-0.2, -0.15) is 0 Å². The van der Waals surface area contributed by atoms with Crippen molar-refractivity contribution < 1.29 is 14.7 Å². The fourth-order valence-electron chi connectivity index (χ4n) is 1.06. The first kappa shape index (κ1) is 12.0. The summed E-state index contributed by atoms with van der Waals surface area (Å²) in [6, 6.07) is 5.77. The van der Waals surface area contributed by atoms with Gasteiger partial charge in [0.25, 0.3) is 0 Å². The maximum absolute atomic E-state index is 11.3. The molecule has 1 rings (SSSR count). The molecular formula is C11H14N2O3. The number of amides is 2. The molecule has 0 aliphatic heterocycles. The lowest BCUT2D eigenvalue weighted by molar-refractivity contribution is -0.138.